The Morgan fingerprint density at radius 3 is 1.42 bits per heavy atom. The predicted molar refractivity (Wildman–Crippen MR) is 166 cm³/mol. The Balaban J connectivity index is 1.53. The monoisotopic (exact) mass is 608 g/mol. The first-order valence-corrected chi connectivity index (χ1v) is 16.2. The van der Waals surface area contributed by atoms with Crippen LogP contribution in [0.25, 0.3) is 0 Å². The van der Waals surface area contributed by atoms with Gasteiger partial charge in [0.05, 0.1) is 18.8 Å². The van der Waals surface area contributed by atoms with Crippen molar-refractivity contribution in [1.29, 1.82) is 0 Å². The molecule has 0 saturated carbocycles. The molecule has 4 heterocycles. The van der Waals surface area contributed by atoms with Crippen LogP contribution in [0.2, 0.25) is 0 Å². The molecule has 2 spiro atoms. The van der Waals surface area contributed by atoms with Gasteiger partial charge in [0.2, 0.25) is 0 Å². The van der Waals surface area contributed by atoms with E-state index in [0.717, 1.165) is 0 Å². The Labute approximate surface area is 259 Å². The number of carbonyl (C=O) groups excluding carboxylic acids is 2. The second kappa shape index (κ2) is 10.4. The van der Waals surface area contributed by atoms with Crippen LogP contribution in [0.4, 0.5) is 0 Å². The van der Waals surface area contributed by atoms with Crippen molar-refractivity contribution in [3.8, 4) is 0 Å². The number of piperidine rings is 2. The van der Waals surface area contributed by atoms with E-state index in [4.69, 9.17) is 9.47 Å². The number of nitrogens with one attached hydrogen (secondary N) is 1. The van der Waals surface area contributed by atoms with Gasteiger partial charge in [0, 0.05) is 60.9 Å². The van der Waals surface area contributed by atoms with Gasteiger partial charge in [0.1, 0.15) is 11.4 Å². The number of rotatable bonds is 7. The molecule has 4 fully saturated rings. The lowest BCUT2D eigenvalue weighted by atomic mass is 9.70. The van der Waals surface area contributed by atoms with Gasteiger partial charge >= 0.3 is 0 Å². The lowest BCUT2D eigenvalue weighted by Gasteiger charge is -2.58. The SMILES string of the molecule is CCC(O)CN1C(=O)C2(CC(C)(C)N(CC(O)CN3C(=O)C4(CC(C)(C)NC(C)(C)C4)OC3(C)C)C(C)(C)C2)OC1(C)C. The van der Waals surface area contributed by atoms with E-state index in [-0.39, 0.29) is 36.0 Å². The van der Waals surface area contributed by atoms with Gasteiger partial charge in [0.15, 0.2) is 11.2 Å². The van der Waals surface area contributed by atoms with Gasteiger partial charge in [-0.15, -0.1) is 0 Å². The second-order valence-electron chi connectivity index (χ2n) is 17.5. The van der Waals surface area contributed by atoms with Gasteiger partial charge in [0.25, 0.3) is 11.8 Å². The highest BCUT2D eigenvalue weighted by molar-refractivity contribution is 5.89. The van der Waals surface area contributed by atoms with Crippen molar-refractivity contribution in [3.63, 3.8) is 0 Å². The van der Waals surface area contributed by atoms with Gasteiger partial charge < -0.3 is 34.8 Å². The van der Waals surface area contributed by atoms with Crippen LogP contribution in [0.5, 0.6) is 0 Å². The Bertz CT molecular complexity index is 1080. The van der Waals surface area contributed by atoms with Crippen LogP contribution in [-0.4, -0.2) is 113 Å². The van der Waals surface area contributed by atoms with Crippen LogP contribution < -0.4 is 5.32 Å². The number of ether oxygens (including phenoxy) is 2. The highest BCUT2D eigenvalue weighted by Gasteiger charge is 2.65. The minimum atomic E-state index is -1.02. The molecule has 10 nitrogen and oxygen atoms in total. The zero-order chi connectivity index (χ0) is 32.8. The third-order valence-corrected chi connectivity index (χ3v) is 10.1. The first-order chi connectivity index (χ1) is 19.2. The molecular formula is C33H60N4O6. The van der Waals surface area contributed by atoms with Crippen molar-refractivity contribution in [2.24, 2.45) is 0 Å². The summed E-state index contributed by atoms with van der Waals surface area (Å²) in [6.07, 6.45) is 1.14. The minimum absolute atomic E-state index is 0.0585. The van der Waals surface area contributed by atoms with Crippen LogP contribution in [0, 0.1) is 0 Å². The zero-order valence-electron chi connectivity index (χ0n) is 29.2. The van der Waals surface area contributed by atoms with E-state index in [0.29, 0.717) is 38.6 Å². The molecule has 0 aromatic rings. The van der Waals surface area contributed by atoms with E-state index in [1.165, 1.54) is 0 Å². The van der Waals surface area contributed by atoms with Crippen LogP contribution in [0.3, 0.4) is 0 Å². The molecule has 4 aliphatic rings. The van der Waals surface area contributed by atoms with Crippen LogP contribution >= 0.6 is 0 Å². The topological polar surface area (TPSA) is 115 Å². The molecule has 0 aliphatic carbocycles. The van der Waals surface area contributed by atoms with Crippen molar-refractivity contribution < 1.29 is 29.3 Å². The summed E-state index contributed by atoms with van der Waals surface area (Å²) in [5.74, 6) is -0.136. The first kappa shape index (κ1) is 34.6. The van der Waals surface area contributed by atoms with E-state index in [1.54, 1.807) is 9.80 Å². The predicted octanol–water partition coefficient (Wildman–Crippen LogP) is 3.38. The van der Waals surface area contributed by atoms with E-state index in [9.17, 15) is 19.8 Å². The third-order valence-electron chi connectivity index (χ3n) is 10.1. The Morgan fingerprint density at radius 1 is 0.651 bits per heavy atom. The molecule has 10 heteroatoms. The Hall–Kier alpha value is -1.30. The second-order valence-corrected chi connectivity index (χ2v) is 17.5. The highest BCUT2D eigenvalue weighted by Crippen LogP contribution is 2.52. The number of aliphatic hydroxyl groups is 2. The quantitative estimate of drug-likeness (QED) is 0.403. The molecule has 2 atom stereocenters. The minimum Gasteiger partial charge on any atom is -0.391 e. The molecule has 0 radical (unpaired) electrons. The van der Waals surface area contributed by atoms with Crippen molar-refractivity contribution >= 4 is 11.8 Å². The molecule has 0 bridgehead atoms. The number of likely N-dealkylation sites (tertiary alicyclic amines) is 1. The summed E-state index contributed by atoms with van der Waals surface area (Å²) in [4.78, 5) is 33.8. The highest BCUT2D eigenvalue weighted by atomic mass is 16.6. The molecular weight excluding hydrogens is 548 g/mol. The standard InChI is InChI=1S/C33H60N4O6/c1-14-22(38)15-35-25(41)33(43-30(35,10)11)20-28(6,7)37(29(8,9)21-33)17-23(39)16-36-24(40)32(42-31(36,12)13)18-26(2,3)34-27(4,5)19-32/h22-23,34,38-39H,14-21H2,1-13H3. The molecule has 2 amide bonds. The Morgan fingerprint density at radius 2 is 1.02 bits per heavy atom. The molecule has 2 unspecified atom stereocenters. The maximum atomic E-state index is 14.1. The van der Waals surface area contributed by atoms with Crippen molar-refractivity contribution in [2.75, 3.05) is 19.6 Å². The maximum Gasteiger partial charge on any atom is 0.257 e. The van der Waals surface area contributed by atoms with Gasteiger partial charge in [-0.3, -0.25) is 14.5 Å². The number of amides is 2. The first-order valence-electron chi connectivity index (χ1n) is 16.2. The summed E-state index contributed by atoms with van der Waals surface area (Å²) in [5, 5.41) is 25.6. The molecule has 43 heavy (non-hydrogen) atoms. The fourth-order valence-corrected chi connectivity index (χ4v) is 9.47. The van der Waals surface area contributed by atoms with Gasteiger partial charge in [-0.05, 0) is 89.5 Å². The average Bonchev–Trinajstić information content (AvgIpc) is 3.05. The van der Waals surface area contributed by atoms with Crippen LogP contribution in [0.15, 0.2) is 0 Å². The average molecular weight is 609 g/mol. The lowest BCUT2D eigenvalue weighted by Crippen LogP contribution is -2.69. The fraction of sp³-hybridized carbons (Fsp3) is 0.939. The number of hydrogen-bond acceptors (Lipinski definition) is 8. The number of hydrogen-bond donors (Lipinski definition) is 3. The Kier molecular flexibility index (Phi) is 8.33. The van der Waals surface area contributed by atoms with E-state index < -0.39 is 45.9 Å². The van der Waals surface area contributed by atoms with Crippen LogP contribution in [0.1, 0.15) is 122 Å². The van der Waals surface area contributed by atoms with Gasteiger partial charge in [-0.2, -0.15) is 0 Å². The van der Waals surface area contributed by atoms with E-state index in [2.05, 4.69) is 65.6 Å². The van der Waals surface area contributed by atoms with E-state index in [1.807, 2.05) is 34.6 Å². The normalized spacial score (nSPS) is 31.1. The molecule has 0 aromatic carbocycles. The lowest BCUT2D eigenvalue weighted by molar-refractivity contribution is -0.190. The maximum absolute atomic E-state index is 14.1. The van der Waals surface area contributed by atoms with Crippen molar-refractivity contribution in [1.82, 2.24) is 20.0 Å². The van der Waals surface area contributed by atoms with Crippen molar-refractivity contribution in [3.05, 3.63) is 0 Å². The number of β-amino-alcohol motifs (C(OH)–C–C–N with tert-alkyl or cyclic N) is 2. The molecule has 0 aromatic heterocycles. The summed E-state index contributed by atoms with van der Waals surface area (Å²) in [6.45, 7) is 27.1. The molecule has 4 rings (SSSR count). The summed E-state index contributed by atoms with van der Waals surface area (Å²) >= 11 is 0. The molecule has 3 N–H and O–H groups in total. The number of nitrogens with zero attached hydrogens (tertiary/aromatic N) is 3. The number of carbonyl (C=O) groups is 2. The third kappa shape index (κ3) is 6.26. The fourth-order valence-electron chi connectivity index (χ4n) is 9.47. The largest absolute Gasteiger partial charge is 0.391 e. The smallest absolute Gasteiger partial charge is 0.257 e. The summed E-state index contributed by atoms with van der Waals surface area (Å²) < 4.78 is 13.2. The van der Waals surface area contributed by atoms with Crippen LogP contribution in [-0.2, 0) is 19.1 Å². The summed E-state index contributed by atoms with van der Waals surface area (Å²) in [7, 11) is 0. The molecule has 248 valence electrons. The van der Waals surface area contributed by atoms with Gasteiger partial charge in [-0.25, -0.2) is 0 Å². The summed E-state index contributed by atoms with van der Waals surface area (Å²) in [5.41, 5.74) is -5.22. The van der Waals surface area contributed by atoms with E-state index >= 15 is 0 Å². The summed E-state index contributed by atoms with van der Waals surface area (Å²) in [6, 6.07) is 0. The van der Waals surface area contributed by atoms with Crippen molar-refractivity contribution in [2.45, 2.75) is 179 Å². The van der Waals surface area contributed by atoms with Gasteiger partial charge in [-0.1, -0.05) is 6.92 Å². The molecule has 4 saturated heterocycles. The zero-order valence-corrected chi connectivity index (χ0v) is 29.2. The number of aliphatic hydroxyl groups excluding tert-OH is 2. The molecule has 4 aliphatic heterocycles.